The minimum atomic E-state index is -1.07. The number of carbonyl (C=O) groups is 3. The van der Waals surface area contributed by atoms with Crippen molar-refractivity contribution in [1.29, 1.82) is 5.26 Å². The highest BCUT2D eigenvalue weighted by Gasteiger charge is 2.31. The van der Waals surface area contributed by atoms with Gasteiger partial charge in [-0.3, -0.25) is 9.59 Å². The van der Waals surface area contributed by atoms with E-state index in [2.05, 4.69) is 5.32 Å². The molecule has 1 saturated heterocycles. The number of anilines is 1. The van der Waals surface area contributed by atoms with Gasteiger partial charge in [-0.05, 0) is 30.7 Å². The zero-order chi connectivity index (χ0) is 19.1. The van der Waals surface area contributed by atoms with Gasteiger partial charge in [-0.1, -0.05) is 11.8 Å². The van der Waals surface area contributed by atoms with Crippen LogP contribution in [0.25, 0.3) is 0 Å². The molecule has 1 aromatic carbocycles. The summed E-state index contributed by atoms with van der Waals surface area (Å²) < 4.78 is 4.96. The lowest BCUT2D eigenvalue weighted by atomic mass is 10.2. The van der Waals surface area contributed by atoms with Crippen LogP contribution in [0.1, 0.15) is 16.8 Å². The lowest BCUT2D eigenvalue weighted by Crippen LogP contribution is -2.28. The number of hydrogen-bond acceptors (Lipinski definition) is 6. The monoisotopic (exact) mass is 375 g/mol. The molecule has 26 heavy (non-hydrogen) atoms. The molecule has 2 N–H and O–H groups in total. The maximum Gasteiger partial charge on any atom is 0.335 e. The van der Waals surface area contributed by atoms with Crippen LogP contribution in [0.5, 0.6) is 0 Å². The van der Waals surface area contributed by atoms with Crippen molar-refractivity contribution in [2.45, 2.75) is 6.42 Å². The number of carboxylic acid groups (broad SMARTS) is 1. The average Bonchev–Trinajstić information content (AvgIpc) is 2.97. The summed E-state index contributed by atoms with van der Waals surface area (Å²) in [5.41, 5.74) is 0.289. The third kappa shape index (κ3) is 4.62. The van der Waals surface area contributed by atoms with E-state index < -0.39 is 11.9 Å². The predicted octanol–water partition coefficient (Wildman–Crippen LogP) is 1.67. The Kier molecular flexibility index (Phi) is 6.77. The molecule has 0 aliphatic carbocycles. The quantitative estimate of drug-likeness (QED) is 0.422. The molecule has 9 heteroatoms. The van der Waals surface area contributed by atoms with Gasteiger partial charge in [-0.15, -0.1) is 0 Å². The summed E-state index contributed by atoms with van der Waals surface area (Å²) in [7, 11) is 1.56. The highest BCUT2D eigenvalue weighted by Crippen LogP contribution is 2.32. The van der Waals surface area contributed by atoms with E-state index in [9.17, 15) is 19.6 Å². The summed E-state index contributed by atoms with van der Waals surface area (Å²) in [6.45, 7) is 0.826. The van der Waals surface area contributed by atoms with Gasteiger partial charge in [-0.2, -0.15) is 5.26 Å². The first-order chi connectivity index (χ1) is 12.5. The largest absolute Gasteiger partial charge is 0.478 e. The van der Waals surface area contributed by atoms with E-state index in [-0.39, 0.29) is 22.8 Å². The Hall–Kier alpha value is -2.83. The highest BCUT2D eigenvalue weighted by molar-refractivity contribution is 8.04. The molecule has 1 heterocycles. The van der Waals surface area contributed by atoms with Crippen LogP contribution in [0, 0.1) is 11.3 Å². The SMILES string of the molecule is COCCCN1C(=O)CS/C1=C(\C#N)C(=O)Nc1ccc(C(=O)O)cc1. The van der Waals surface area contributed by atoms with Crippen molar-refractivity contribution in [3.05, 3.63) is 40.4 Å². The molecule has 0 saturated carbocycles. The second kappa shape index (κ2) is 9.03. The van der Waals surface area contributed by atoms with Gasteiger partial charge >= 0.3 is 5.97 Å². The second-order valence-electron chi connectivity index (χ2n) is 5.31. The number of benzene rings is 1. The molecule has 0 aromatic heterocycles. The van der Waals surface area contributed by atoms with Crippen molar-refractivity contribution in [3.8, 4) is 6.07 Å². The Bertz CT molecular complexity index is 783. The number of methoxy groups -OCH3 is 1. The predicted molar refractivity (Wildman–Crippen MR) is 95.3 cm³/mol. The smallest absolute Gasteiger partial charge is 0.335 e. The lowest BCUT2D eigenvalue weighted by molar-refractivity contribution is -0.125. The Balaban J connectivity index is 2.18. The number of amides is 2. The fraction of sp³-hybridized carbons (Fsp3) is 0.294. The van der Waals surface area contributed by atoms with Gasteiger partial charge in [0.1, 0.15) is 16.7 Å². The topological polar surface area (TPSA) is 120 Å². The molecule has 2 rings (SSSR count). The summed E-state index contributed by atoms with van der Waals surface area (Å²) in [5.74, 6) is -1.71. The van der Waals surface area contributed by atoms with Crippen LogP contribution < -0.4 is 5.32 Å². The normalized spacial score (nSPS) is 15.5. The number of nitriles is 1. The van der Waals surface area contributed by atoms with Crippen molar-refractivity contribution in [1.82, 2.24) is 4.90 Å². The van der Waals surface area contributed by atoms with Gasteiger partial charge in [-0.25, -0.2) is 4.79 Å². The van der Waals surface area contributed by atoms with Gasteiger partial charge in [0.15, 0.2) is 0 Å². The van der Waals surface area contributed by atoms with Gasteiger partial charge < -0.3 is 20.1 Å². The van der Waals surface area contributed by atoms with E-state index in [0.717, 1.165) is 11.8 Å². The molecule has 1 aliphatic rings. The zero-order valence-electron chi connectivity index (χ0n) is 14.0. The Labute approximate surface area is 154 Å². The number of nitrogens with zero attached hydrogens (tertiary/aromatic N) is 2. The molecule has 0 unspecified atom stereocenters. The van der Waals surface area contributed by atoms with Crippen LogP contribution in [0.2, 0.25) is 0 Å². The molecule has 2 amide bonds. The zero-order valence-corrected chi connectivity index (χ0v) is 14.8. The molecule has 1 fully saturated rings. The molecule has 1 aliphatic heterocycles. The Morgan fingerprint density at radius 1 is 1.38 bits per heavy atom. The first-order valence-corrected chi connectivity index (χ1v) is 8.67. The third-order valence-corrected chi connectivity index (χ3v) is 4.64. The Morgan fingerprint density at radius 2 is 2.08 bits per heavy atom. The van der Waals surface area contributed by atoms with Gasteiger partial charge in [0.25, 0.3) is 5.91 Å². The molecule has 0 spiro atoms. The van der Waals surface area contributed by atoms with Crippen molar-refractivity contribution in [2.75, 3.05) is 31.3 Å². The van der Waals surface area contributed by atoms with E-state index >= 15 is 0 Å². The fourth-order valence-corrected chi connectivity index (χ4v) is 3.33. The van der Waals surface area contributed by atoms with E-state index in [1.165, 1.54) is 29.2 Å². The van der Waals surface area contributed by atoms with Crippen molar-refractivity contribution in [3.63, 3.8) is 0 Å². The van der Waals surface area contributed by atoms with E-state index in [0.29, 0.717) is 30.3 Å². The number of carboxylic acids is 1. The van der Waals surface area contributed by atoms with Crippen molar-refractivity contribution >= 4 is 35.2 Å². The summed E-state index contributed by atoms with van der Waals surface area (Å²) in [6.07, 6.45) is 0.587. The first-order valence-electron chi connectivity index (χ1n) is 7.69. The molecular formula is C17H17N3O5S. The maximum absolute atomic E-state index is 12.4. The maximum atomic E-state index is 12.4. The minimum Gasteiger partial charge on any atom is -0.478 e. The van der Waals surface area contributed by atoms with E-state index in [1.54, 1.807) is 7.11 Å². The van der Waals surface area contributed by atoms with Crippen LogP contribution in [-0.2, 0) is 14.3 Å². The summed E-state index contributed by atoms with van der Waals surface area (Å²) >= 11 is 1.15. The van der Waals surface area contributed by atoms with Gasteiger partial charge in [0.05, 0.1) is 11.3 Å². The third-order valence-electron chi connectivity index (χ3n) is 3.55. The molecule has 1 aromatic rings. The number of nitrogens with one attached hydrogen (secondary N) is 1. The van der Waals surface area contributed by atoms with E-state index in [4.69, 9.17) is 9.84 Å². The summed E-state index contributed by atoms with van der Waals surface area (Å²) in [4.78, 5) is 36.7. The average molecular weight is 375 g/mol. The molecule has 136 valence electrons. The fourth-order valence-electron chi connectivity index (χ4n) is 2.29. The van der Waals surface area contributed by atoms with Crippen LogP contribution in [0.3, 0.4) is 0 Å². The lowest BCUT2D eigenvalue weighted by Gasteiger charge is -2.18. The number of aromatic carboxylic acids is 1. The number of ether oxygens (including phenoxy) is 1. The van der Waals surface area contributed by atoms with E-state index in [1.807, 2.05) is 6.07 Å². The van der Waals surface area contributed by atoms with Gasteiger partial charge in [0, 0.05) is 25.9 Å². The highest BCUT2D eigenvalue weighted by atomic mass is 32.2. The molecular weight excluding hydrogens is 358 g/mol. The minimum absolute atomic E-state index is 0.0862. The van der Waals surface area contributed by atoms with Crippen LogP contribution in [-0.4, -0.2) is 53.8 Å². The van der Waals surface area contributed by atoms with Crippen LogP contribution >= 0.6 is 11.8 Å². The second-order valence-corrected chi connectivity index (χ2v) is 6.27. The summed E-state index contributed by atoms with van der Waals surface area (Å²) in [5, 5.41) is 21.2. The number of rotatable bonds is 7. The number of thioether (sulfide) groups is 1. The standard InChI is InChI=1S/C17H17N3O5S/c1-25-8-2-7-20-14(21)10-26-16(20)13(9-18)15(22)19-12-5-3-11(4-6-12)17(23)24/h3-6H,2,7-8,10H2,1H3,(H,19,22)(H,23,24)/b16-13+. The van der Waals surface area contributed by atoms with Gasteiger partial charge in [0.2, 0.25) is 5.91 Å². The van der Waals surface area contributed by atoms with Crippen molar-refractivity contribution in [2.24, 2.45) is 0 Å². The number of hydrogen-bond donors (Lipinski definition) is 2. The van der Waals surface area contributed by atoms with Crippen molar-refractivity contribution < 1.29 is 24.2 Å². The molecule has 0 bridgehead atoms. The van der Waals surface area contributed by atoms with Crippen LogP contribution in [0.15, 0.2) is 34.9 Å². The summed E-state index contributed by atoms with van der Waals surface area (Å²) in [6, 6.07) is 7.43. The number of carbonyl (C=O) groups excluding carboxylic acids is 2. The molecule has 8 nitrogen and oxygen atoms in total. The van der Waals surface area contributed by atoms with Crippen LogP contribution in [0.4, 0.5) is 5.69 Å². The Morgan fingerprint density at radius 3 is 2.65 bits per heavy atom. The molecule has 0 radical (unpaired) electrons. The first kappa shape index (κ1) is 19.5. The molecule has 0 atom stereocenters.